The first-order valence-corrected chi connectivity index (χ1v) is 8.09. The average Bonchev–Trinajstić information content (AvgIpc) is 3.19. The SMILES string of the molecule is Cc1c(C(=O)/C=C/c2ccc(COc3ccccc3Cl)o2)cnn1C. The van der Waals surface area contributed by atoms with E-state index in [1.165, 1.54) is 6.08 Å². The molecule has 0 spiro atoms. The third-order valence-electron chi connectivity index (χ3n) is 3.79. The summed E-state index contributed by atoms with van der Waals surface area (Å²) in [6.07, 6.45) is 4.67. The lowest BCUT2D eigenvalue weighted by atomic mass is 10.1. The van der Waals surface area contributed by atoms with Crippen LogP contribution in [0.15, 0.2) is 53.1 Å². The normalized spacial score (nSPS) is 11.2. The Balaban J connectivity index is 1.62. The summed E-state index contributed by atoms with van der Waals surface area (Å²) in [5, 5.41) is 4.62. The van der Waals surface area contributed by atoms with Crippen LogP contribution in [-0.4, -0.2) is 15.6 Å². The van der Waals surface area contributed by atoms with Gasteiger partial charge in [0, 0.05) is 12.7 Å². The monoisotopic (exact) mass is 356 g/mol. The van der Waals surface area contributed by atoms with Crippen LogP contribution in [0, 0.1) is 6.92 Å². The first-order valence-electron chi connectivity index (χ1n) is 7.71. The highest BCUT2D eigenvalue weighted by Crippen LogP contribution is 2.24. The minimum Gasteiger partial charge on any atom is -0.484 e. The number of allylic oxidation sites excluding steroid dienone is 1. The van der Waals surface area contributed by atoms with Crippen LogP contribution in [0.3, 0.4) is 0 Å². The van der Waals surface area contributed by atoms with E-state index < -0.39 is 0 Å². The molecule has 25 heavy (non-hydrogen) atoms. The molecule has 0 fully saturated rings. The number of benzene rings is 1. The predicted octanol–water partition coefficient (Wildman–Crippen LogP) is 4.45. The van der Waals surface area contributed by atoms with Crippen LogP contribution in [0.1, 0.15) is 27.6 Å². The summed E-state index contributed by atoms with van der Waals surface area (Å²) in [5.41, 5.74) is 1.40. The number of aromatic nitrogens is 2. The number of hydrogen-bond donors (Lipinski definition) is 0. The fraction of sp³-hybridized carbons (Fsp3) is 0.158. The number of furan rings is 1. The van der Waals surface area contributed by atoms with Crippen LogP contribution in [0.4, 0.5) is 0 Å². The Morgan fingerprint density at radius 2 is 2.12 bits per heavy atom. The number of ether oxygens (including phenoxy) is 1. The molecule has 0 N–H and O–H groups in total. The number of hydrogen-bond acceptors (Lipinski definition) is 4. The van der Waals surface area contributed by atoms with Crippen molar-refractivity contribution in [2.45, 2.75) is 13.5 Å². The summed E-state index contributed by atoms with van der Waals surface area (Å²) in [7, 11) is 1.80. The van der Waals surface area contributed by atoms with Crippen molar-refractivity contribution in [1.82, 2.24) is 9.78 Å². The molecule has 3 aromatic rings. The number of nitrogens with zero attached hydrogens (tertiary/aromatic N) is 2. The van der Waals surface area contributed by atoms with Crippen molar-refractivity contribution < 1.29 is 13.9 Å². The minimum atomic E-state index is -0.115. The third kappa shape index (κ3) is 4.00. The summed E-state index contributed by atoms with van der Waals surface area (Å²) in [4.78, 5) is 12.2. The van der Waals surface area contributed by atoms with Crippen molar-refractivity contribution in [3.63, 3.8) is 0 Å². The fourth-order valence-electron chi connectivity index (χ4n) is 2.26. The first kappa shape index (κ1) is 17.0. The molecule has 0 bridgehead atoms. The number of aryl methyl sites for hydroxylation is 1. The van der Waals surface area contributed by atoms with Gasteiger partial charge in [0.05, 0.1) is 16.8 Å². The highest BCUT2D eigenvalue weighted by Gasteiger charge is 2.10. The second-order valence-electron chi connectivity index (χ2n) is 5.49. The Morgan fingerprint density at radius 1 is 1.32 bits per heavy atom. The zero-order valence-corrected chi connectivity index (χ0v) is 14.7. The van der Waals surface area contributed by atoms with Gasteiger partial charge in [-0.1, -0.05) is 23.7 Å². The van der Waals surface area contributed by atoms with Crippen molar-refractivity contribution in [2.24, 2.45) is 7.05 Å². The molecule has 0 aliphatic rings. The number of ketones is 1. The van der Waals surface area contributed by atoms with E-state index in [1.54, 1.807) is 48.3 Å². The molecule has 0 unspecified atom stereocenters. The molecule has 0 saturated carbocycles. The standard InChI is InChI=1S/C19H17ClN2O3/c1-13-16(11-21-22(13)2)18(23)10-9-14-7-8-15(25-14)12-24-19-6-4-3-5-17(19)20/h3-11H,12H2,1-2H3/b10-9+. The minimum absolute atomic E-state index is 0.115. The average molecular weight is 357 g/mol. The van der Waals surface area contributed by atoms with Gasteiger partial charge >= 0.3 is 0 Å². The Hall–Kier alpha value is -2.79. The first-order chi connectivity index (χ1) is 12.0. The van der Waals surface area contributed by atoms with E-state index in [-0.39, 0.29) is 12.4 Å². The molecule has 0 atom stereocenters. The van der Waals surface area contributed by atoms with Crippen molar-refractivity contribution in [3.05, 3.63) is 76.5 Å². The number of para-hydroxylation sites is 1. The van der Waals surface area contributed by atoms with Crippen LogP contribution >= 0.6 is 11.6 Å². The van der Waals surface area contributed by atoms with Crippen LogP contribution < -0.4 is 4.74 Å². The number of carbonyl (C=O) groups excluding carboxylic acids is 1. The second kappa shape index (κ2) is 7.40. The van der Waals surface area contributed by atoms with Gasteiger partial charge in [-0.2, -0.15) is 5.10 Å². The molecule has 0 radical (unpaired) electrons. The fourth-order valence-corrected chi connectivity index (χ4v) is 2.45. The van der Waals surface area contributed by atoms with Gasteiger partial charge in [-0.15, -0.1) is 0 Å². The van der Waals surface area contributed by atoms with Crippen LogP contribution in [0.25, 0.3) is 6.08 Å². The quantitative estimate of drug-likeness (QED) is 0.483. The molecular weight excluding hydrogens is 340 g/mol. The van der Waals surface area contributed by atoms with Crippen molar-refractivity contribution >= 4 is 23.5 Å². The topological polar surface area (TPSA) is 57.3 Å². The zero-order chi connectivity index (χ0) is 17.8. The molecular formula is C19H17ClN2O3. The summed E-state index contributed by atoms with van der Waals surface area (Å²) in [5.74, 6) is 1.70. The second-order valence-corrected chi connectivity index (χ2v) is 5.90. The van der Waals surface area contributed by atoms with Gasteiger partial charge in [0.2, 0.25) is 0 Å². The third-order valence-corrected chi connectivity index (χ3v) is 4.10. The zero-order valence-electron chi connectivity index (χ0n) is 13.9. The van der Waals surface area contributed by atoms with Crippen molar-refractivity contribution in [3.8, 4) is 5.75 Å². The molecule has 3 rings (SSSR count). The van der Waals surface area contributed by atoms with Crippen LogP contribution in [0.2, 0.25) is 5.02 Å². The van der Waals surface area contributed by atoms with Gasteiger partial charge in [0.1, 0.15) is 23.9 Å². The highest BCUT2D eigenvalue weighted by molar-refractivity contribution is 6.32. The maximum Gasteiger partial charge on any atom is 0.189 e. The molecule has 0 saturated heterocycles. The Bertz CT molecular complexity index is 924. The summed E-state index contributed by atoms with van der Waals surface area (Å²) in [6.45, 7) is 2.11. The van der Waals surface area contributed by atoms with E-state index in [2.05, 4.69) is 5.10 Å². The molecule has 128 valence electrons. The lowest BCUT2D eigenvalue weighted by Gasteiger charge is -2.05. The number of rotatable bonds is 6. The molecule has 0 aliphatic heterocycles. The Morgan fingerprint density at radius 3 is 2.84 bits per heavy atom. The largest absolute Gasteiger partial charge is 0.484 e. The molecule has 0 aliphatic carbocycles. The Kier molecular flexibility index (Phi) is 5.05. The maximum atomic E-state index is 12.2. The molecule has 1 aromatic carbocycles. The van der Waals surface area contributed by atoms with Crippen LogP contribution in [0.5, 0.6) is 5.75 Å². The molecule has 5 nitrogen and oxygen atoms in total. The van der Waals surface area contributed by atoms with Gasteiger partial charge in [-0.3, -0.25) is 9.48 Å². The summed E-state index contributed by atoms with van der Waals surface area (Å²) in [6, 6.07) is 10.8. The van der Waals surface area contributed by atoms with Crippen LogP contribution in [-0.2, 0) is 13.7 Å². The molecule has 2 heterocycles. The number of halogens is 1. The number of carbonyl (C=O) groups is 1. The molecule has 6 heteroatoms. The maximum absolute atomic E-state index is 12.2. The lowest BCUT2D eigenvalue weighted by molar-refractivity contribution is 0.104. The van der Waals surface area contributed by atoms with E-state index in [0.29, 0.717) is 27.9 Å². The van der Waals surface area contributed by atoms with E-state index in [0.717, 1.165) is 5.69 Å². The van der Waals surface area contributed by atoms with E-state index >= 15 is 0 Å². The van der Waals surface area contributed by atoms with Gasteiger partial charge in [-0.05, 0) is 43.3 Å². The predicted molar refractivity (Wildman–Crippen MR) is 95.8 cm³/mol. The Labute approximate surface area is 150 Å². The van der Waals surface area contributed by atoms with Gasteiger partial charge in [-0.25, -0.2) is 0 Å². The summed E-state index contributed by atoms with van der Waals surface area (Å²) < 4.78 is 12.9. The van der Waals surface area contributed by atoms with Crippen molar-refractivity contribution in [2.75, 3.05) is 0 Å². The van der Waals surface area contributed by atoms with Gasteiger partial charge in [0.25, 0.3) is 0 Å². The molecule has 2 aromatic heterocycles. The van der Waals surface area contributed by atoms with Gasteiger partial charge < -0.3 is 9.15 Å². The molecule has 0 amide bonds. The lowest BCUT2D eigenvalue weighted by Crippen LogP contribution is -1.98. The highest BCUT2D eigenvalue weighted by atomic mass is 35.5. The van der Waals surface area contributed by atoms with E-state index in [9.17, 15) is 4.79 Å². The van der Waals surface area contributed by atoms with Crippen molar-refractivity contribution in [1.29, 1.82) is 0 Å². The smallest absolute Gasteiger partial charge is 0.189 e. The summed E-state index contributed by atoms with van der Waals surface area (Å²) >= 11 is 6.04. The van der Waals surface area contributed by atoms with E-state index in [4.69, 9.17) is 20.8 Å². The van der Waals surface area contributed by atoms with E-state index in [1.807, 2.05) is 19.1 Å². The van der Waals surface area contributed by atoms with Gasteiger partial charge in [0.15, 0.2) is 5.78 Å².